The lowest BCUT2D eigenvalue weighted by Crippen LogP contribution is -2.32. The van der Waals surface area contributed by atoms with Crippen LogP contribution in [0.5, 0.6) is 0 Å². The van der Waals surface area contributed by atoms with Gasteiger partial charge in [-0.15, -0.1) is 0 Å². The fourth-order valence-electron chi connectivity index (χ4n) is 2.91. The Morgan fingerprint density at radius 1 is 1.33 bits per heavy atom. The molecule has 0 bridgehead atoms. The van der Waals surface area contributed by atoms with Gasteiger partial charge in [0.25, 0.3) is 0 Å². The number of hydrogen-bond donors (Lipinski definition) is 1. The quantitative estimate of drug-likeness (QED) is 0.861. The van der Waals surface area contributed by atoms with E-state index in [4.69, 9.17) is 0 Å². The lowest BCUT2D eigenvalue weighted by molar-refractivity contribution is 0.314. The Kier molecular flexibility index (Phi) is 3.35. The number of fused-ring (bicyclic) bond motifs is 1. The molecule has 3 heteroatoms. The zero-order chi connectivity index (χ0) is 12.5. The third-order valence-electron chi connectivity index (χ3n) is 4.21. The van der Waals surface area contributed by atoms with Gasteiger partial charge < -0.3 is 10.2 Å². The van der Waals surface area contributed by atoms with Crippen molar-refractivity contribution in [2.75, 3.05) is 20.1 Å². The minimum absolute atomic E-state index is 0.108. The van der Waals surface area contributed by atoms with E-state index in [1.54, 1.807) is 12.1 Å². The molecule has 0 heterocycles. The van der Waals surface area contributed by atoms with E-state index >= 15 is 0 Å². The first kappa shape index (κ1) is 12.1. The highest BCUT2D eigenvalue weighted by Crippen LogP contribution is 2.31. The Morgan fingerprint density at radius 3 is 2.94 bits per heavy atom. The Morgan fingerprint density at radius 2 is 2.17 bits per heavy atom. The van der Waals surface area contributed by atoms with Gasteiger partial charge in [-0.25, -0.2) is 4.39 Å². The number of likely N-dealkylation sites (N-methyl/N-ethyl adjacent to an activating group) is 1. The van der Waals surface area contributed by atoms with E-state index in [2.05, 4.69) is 17.3 Å². The van der Waals surface area contributed by atoms with Crippen LogP contribution >= 0.6 is 0 Å². The van der Waals surface area contributed by atoms with E-state index < -0.39 is 0 Å². The molecule has 1 atom stereocenters. The van der Waals surface area contributed by atoms with Gasteiger partial charge in [-0.3, -0.25) is 0 Å². The van der Waals surface area contributed by atoms with Crippen molar-refractivity contribution in [1.29, 1.82) is 0 Å². The summed E-state index contributed by atoms with van der Waals surface area (Å²) in [6.45, 7) is 2.13. The standard InChI is InChI=1S/C15H21FN2/c1-18(13-4-5-13)9-8-17-15-7-2-11-10-12(16)3-6-14(11)15/h3,6,10,13,15,17H,2,4-5,7-9H2,1H3. The Bertz CT molecular complexity index is 429. The summed E-state index contributed by atoms with van der Waals surface area (Å²) < 4.78 is 13.1. The first-order valence-corrected chi connectivity index (χ1v) is 6.96. The van der Waals surface area contributed by atoms with Crippen molar-refractivity contribution in [3.8, 4) is 0 Å². The van der Waals surface area contributed by atoms with Crippen molar-refractivity contribution in [2.45, 2.75) is 37.8 Å². The minimum atomic E-state index is -0.108. The van der Waals surface area contributed by atoms with Gasteiger partial charge >= 0.3 is 0 Å². The van der Waals surface area contributed by atoms with E-state index in [0.717, 1.165) is 32.0 Å². The molecule has 0 radical (unpaired) electrons. The second-order valence-corrected chi connectivity index (χ2v) is 5.60. The van der Waals surface area contributed by atoms with Crippen molar-refractivity contribution < 1.29 is 4.39 Å². The number of hydrogen-bond acceptors (Lipinski definition) is 2. The van der Waals surface area contributed by atoms with Crippen LogP contribution in [0.15, 0.2) is 18.2 Å². The van der Waals surface area contributed by atoms with Crippen molar-refractivity contribution in [3.05, 3.63) is 35.1 Å². The molecule has 1 aromatic rings. The molecule has 1 saturated carbocycles. The Labute approximate surface area is 108 Å². The largest absolute Gasteiger partial charge is 0.309 e. The zero-order valence-electron chi connectivity index (χ0n) is 11.0. The molecule has 1 N–H and O–H groups in total. The summed E-state index contributed by atoms with van der Waals surface area (Å²) in [5.74, 6) is -0.108. The van der Waals surface area contributed by atoms with Crippen LogP contribution in [0.25, 0.3) is 0 Å². The number of nitrogens with one attached hydrogen (secondary N) is 1. The van der Waals surface area contributed by atoms with Gasteiger partial charge in [0, 0.05) is 25.2 Å². The van der Waals surface area contributed by atoms with Crippen molar-refractivity contribution in [1.82, 2.24) is 10.2 Å². The first-order chi connectivity index (χ1) is 8.74. The summed E-state index contributed by atoms with van der Waals surface area (Å²) in [4.78, 5) is 2.44. The summed E-state index contributed by atoms with van der Waals surface area (Å²) in [5, 5.41) is 3.61. The molecule has 1 unspecified atom stereocenters. The molecule has 3 rings (SSSR count). The van der Waals surface area contributed by atoms with Crippen LogP contribution in [0, 0.1) is 5.82 Å². The molecule has 18 heavy (non-hydrogen) atoms. The molecule has 98 valence electrons. The van der Waals surface area contributed by atoms with Gasteiger partial charge in [0.15, 0.2) is 0 Å². The third-order valence-corrected chi connectivity index (χ3v) is 4.21. The summed E-state index contributed by atoms with van der Waals surface area (Å²) >= 11 is 0. The van der Waals surface area contributed by atoms with Crippen molar-refractivity contribution >= 4 is 0 Å². The highest BCUT2D eigenvalue weighted by molar-refractivity contribution is 5.34. The molecule has 1 fully saturated rings. The van der Waals surface area contributed by atoms with Gasteiger partial charge in [-0.2, -0.15) is 0 Å². The topological polar surface area (TPSA) is 15.3 Å². The SMILES string of the molecule is CN(CCNC1CCc2cc(F)ccc21)C1CC1. The lowest BCUT2D eigenvalue weighted by Gasteiger charge is -2.19. The molecule has 0 aromatic heterocycles. The van der Waals surface area contributed by atoms with Gasteiger partial charge in [-0.05, 0) is 56.0 Å². The van der Waals surface area contributed by atoms with Gasteiger partial charge in [0.2, 0.25) is 0 Å². The maximum atomic E-state index is 13.1. The van der Waals surface area contributed by atoms with E-state index in [0.29, 0.717) is 6.04 Å². The van der Waals surface area contributed by atoms with E-state index in [-0.39, 0.29) is 5.82 Å². The molecule has 0 aliphatic heterocycles. The second-order valence-electron chi connectivity index (χ2n) is 5.60. The maximum absolute atomic E-state index is 13.1. The van der Waals surface area contributed by atoms with E-state index in [1.165, 1.54) is 24.0 Å². The lowest BCUT2D eigenvalue weighted by atomic mass is 10.1. The number of rotatable bonds is 5. The molecule has 1 aromatic carbocycles. The molecule has 0 spiro atoms. The number of halogens is 1. The van der Waals surface area contributed by atoms with Crippen molar-refractivity contribution in [2.24, 2.45) is 0 Å². The van der Waals surface area contributed by atoms with Gasteiger partial charge in [0.05, 0.1) is 0 Å². The number of benzene rings is 1. The molecule has 2 aliphatic rings. The first-order valence-electron chi connectivity index (χ1n) is 6.96. The van der Waals surface area contributed by atoms with Crippen LogP contribution in [0.1, 0.15) is 36.4 Å². The predicted molar refractivity (Wildman–Crippen MR) is 71.1 cm³/mol. The number of aryl methyl sites for hydroxylation is 1. The minimum Gasteiger partial charge on any atom is -0.309 e. The maximum Gasteiger partial charge on any atom is 0.123 e. The predicted octanol–water partition coefficient (Wildman–Crippen LogP) is 2.50. The molecule has 2 nitrogen and oxygen atoms in total. The van der Waals surface area contributed by atoms with E-state index in [9.17, 15) is 4.39 Å². The van der Waals surface area contributed by atoms with Crippen LogP contribution in [0.4, 0.5) is 4.39 Å². The average molecular weight is 248 g/mol. The zero-order valence-corrected chi connectivity index (χ0v) is 11.0. The monoisotopic (exact) mass is 248 g/mol. The molecular weight excluding hydrogens is 227 g/mol. The fraction of sp³-hybridized carbons (Fsp3) is 0.600. The fourth-order valence-corrected chi connectivity index (χ4v) is 2.91. The number of nitrogens with zero attached hydrogens (tertiary/aromatic N) is 1. The normalized spacial score (nSPS) is 22.5. The molecule has 0 amide bonds. The van der Waals surface area contributed by atoms with Gasteiger partial charge in [0.1, 0.15) is 5.82 Å². The van der Waals surface area contributed by atoms with Gasteiger partial charge in [-0.1, -0.05) is 6.07 Å². The molecular formula is C15H21FN2. The highest BCUT2D eigenvalue weighted by Gasteiger charge is 2.26. The van der Waals surface area contributed by atoms with Crippen LogP contribution in [0.3, 0.4) is 0 Å². The summed E-state index contributed by atoms with van der Waals surface area (Å²) in [5.41, 5.74) is 2.48. The van der Waals surface area contributed by atoms with Crippen LogP contribution in [-0.2, 0) is 6.42 Å². The highest BCUT2D eigenvalue weighted by atomic mass is 19.1. The van der Waals surface area contributed by atoms with E-state index in [1.807, 2.05) is 6.07 Å². The molecule has 0 saturated heterocycles. The molecule has 2 aliphatic carbocycles. The smallest absolute Gasteiger partial charge is 0.123 e. The van der Waals surface area contributed by atoms with Crippen LogP contribution < -0.4 is 5.32 Å². The summed E-state index contributed by atoms with van der Waals surface area (Å²) in [6.07, 6.45) is 4.83. The van der Waals surface area contributed by atoms with Crippen molar-refractivity contribution in [3.63, 3.8) is 0 Å². The Hall–Kier alpha value is -0.930. The summed E-state index contributed by atoms with van der Waals surface area (Å²) in [7, 11) is 2.21. The third kappa shape index (κ3) is 2.57. The van der Waals surface area contributed by atoms with Crippen LogP contribution in [-0.4, -0.2) is 31.1 Å². The second kappa shape index (κ2) is 4.98. The summed E-state index contributed by atoms with van der Waals surface area (Å²) in [6, 6.07) is 6.47. The van der Waals surface area contributed by atoms with Crippen LogP contribution in [0.2, 0.25) is 0 Å². The average Bonchev–Trinajstić information content (AvgIpc) is 3.13. The Balaban J connectivity index is 1.52.